The van der Waals surface area contributed by atoms with Gasteiger partial charge in [0, 0.05) is 28.6 Å². The molecule has 0 radical (unpaired) electrons. The number of thiophene rings is 1. The Balaban J connectivity index is 1.82. The Kier molecular flexibility index (Phi) is 4.28. The number of aliphatic hydroxyl groups excluding tert-OH is 1. The molecule has 0 bridgehead atoms. The van der Waals surface area contributed by atoms with Crippen molar-refractivity contribution in [1.29, 1.82) is 0 Å². The number of para-hydroxylation sites is 1. The van der Waals surface area contributed by atoms with Crippen molar-refractivity contribution < 1.29 is 5.11 Å². The summed E-state index contributed by atoms with van der Waals surface area (Å²) < 4.78 is 0. The van der Waals surface area contributed by atoms with Crippen LogP contribution < -0.4 is 4.90 Å². The first-order chi connectivity index (χ1) is 10.3. The summed E-state index contributed by atoms with van der Waals surface area (Å²) in [7, 11) is 0. The van der Waals surface area contributed by atoms with Gasteiger partial charge in [-0.05, 0) is 36.4 Å². The van der Waals surface area contributed by atoms with Gasteiger partial charge in [0.25, 0.3) is 0 Å². The quantitative estimate of drug-likeness (QED) is 0.877. The number of nitrogens with zero attached hydrogens (tertiary/aromatic N) is 1. The molecule has 3 heteroatoms. The molecule has 1 aliphatic heterocycles. The van der Waals surface area contributed by atoms with E-state index in [9.17, 15) is 0 Å². The Bertz CT molecular complexity index is 680. The van der Waals surface area contributed by atoms with Gasteiger partial charge in [-0.3, -0.25) is 0 Å². The molecule has 0 aliphatic carbocycles. The second-order valence-electron chi connectivity index (χ2n) is 5.34. The predicted octanol–water partition coefficient (Wildman–Crippen LogP) is 3.43. The summed E-state index contributed by atoms with van der Waals surface area (Å²) in [6.45, 7) is 3.33. The molecule has 3 rings (SSSR count). The number of hydrogen-bond donors (Lipinski definition) is 1. The van der Waals surface area contributed by atoms with Gasteiger partial charge in [0.15, 0.2) is 0 Å². The second-order valence-corrected chi connectivity index (χ2v) is 6.34. The van der Waals surface area contributed by atoms with Crippen molar-refractivity contribution in [2.24, 2.45) is 0 Å². The van der Waals surface area contributed by atoms with Crippen LogP contribution in [-0.2, 0) is 13.0 Å². The summed E-state index contributed by atoms with van der Waals surface area (Å²) in [5, 5.41) is 10.9. The topological polar surface area (TPSA) is 23.5 Å². The maximum absolute atomic E-state index is 8.83. The number of aliphatic hydroxyl groups is 1. The highest BCUT2D eigenvalue weighted by atomic mass is 32.1. The van der Waals surface area contributed by atoms with Crippen LogP contribution in [0.3, 0.4) is 0 Å². The predicted molar refractivity (Wildman–Crippen MR) is 88.7 cm³/mol. The lowest BCUT2D eigenvalue weighted by Gasteiger charge is -2.24. The van der Waals surface area contributed by atoms with Gasteiger partial charge in [-0.2, -0.15) is 0 Å². The summed E-state index contributed by atoms with van der Waals surface area (Å²) in [6, 6.07) is 11.3. The SMILES string of the molecule is CC1Cc2ccccc2N1Cc1sccc1C#CCCO. The molecule has 1 N–H and O–H groups in total. The van der Waals surface area contributed by atoms with E-state index in [0.717, 1.165) is 18.5 Å². The highest BCUT2D eigenvalue weighted by Crippen LogP contribution is 2.34. The standard InChI is InChI=1S/C18H19NOS/c1-14-12-16-7-2-3-8-17(16)19(14)13-18-15(9-11-21-18)6-4-5-10-20/h2-3,7-9,11,14,20H,5,10,12-13H2,1H3. The lowest BCUT2D eigenvalue weighted by Crippen LogP contribution is -2.28. The van der Waals surface area contributed by atoms with E-state index in [1.165, 1.54) is 16.1 Å². The first-order valence-electron chi connectivity index (χ1n) is 7.30. The van der Waals surface area contributed by atoms with Gasteiger partial charge in [0.05, 0.1) is 13.2 Å². The summed E-state index contributed by atoms with van der Waals surface area (Å²) in [6.07, 6.45) is 1.66. The van der Waals surface area contributed by atoms with Crippen LogP contribution in [0.1, 0.15) is 29.3 Å². The van der Waals surface area contributed by atoms with Crippen LogP contribution in [-0.4, -0.2) is 17.8 Å². The maximum Gasteiger partial charge on any atom is 0.0540 e. The van der Waals surface area contributed by atoms with Gasteiger partial charge in [-0.15, -0.1) is 11.3 Å². The fraction of sp³-hybridized carbons (Fsp3) is 0.333. The van der Waals surface area contributed by atoms with Crippen LogP contribution in [0.15, 0.2) is 35.7 Å². The molecule has 1 aliphatic rings. The minimum absolute atomic E-state index is 0.128. The molecule has 0 saturated heterocycles. The molecule has 1 atom stereocenters. The van der Waals surface area contributed by atoms with Gasteiger partial charge in [0.1, 0.15) is 0 Å². The van der Waals surface area contributed by atoms with Crippen LogP contribution >= 0.6 is 11.3 Å². The first-order valence-corrected chi connectivity index (χ1v) is 8.18. The minimum Gasteiger partial charge on any atom is -0.395 e. The second kappa shape index (κ2) is 6.34. The Morgan fingerprint density at radius 3 is 3.05 bits per heavy atom. The summed E-state index contributed by atoms with van der Waals surface area (Å²) in [4.78, 5) is 3.78. The van der Waals surface area contributed by atoms with Crippen LogP contribution in [0.2, 0.25) is 0 Å². The lowest BCUT2D eigenvalue weighted by atomic mass is 10.1. The third kappa shape index (κ3) is 2.97. The average molecular weight is 297 g/mol. The van der Waals surface area contributed by atoms with E-state index in [-0.39, 0.29) is 6.61 Å². The van der Waals surface area contributed by atoms with Crippen LogP contribution in [0, 0.1) is 11.8 Å². The largest absolute Gasteiger partial charge is 0.395 e. The smallest absolute Gasteiger partial charge is 0.0540 e. The van der Waals surface area contributed by atoms with Gasteiger partial charge < -0.3 is 10.0 Å². The van der Waals surface area contributed by atoms with E-state index in [2.05, 4.69) is 59.4 Å². The van der Waals surface area contributed by atoms with Gasteiger partial charge >= 0.3 is 0 Å². The number of hydrogen-bond acceptors (Lipinski definition) is 3. The fourth-order valence-corrected chi connectivity index (χ4v) is 3.64. The molecular formula is C18H19NOS. The minimum atomic E-state index is 0.128. The Morgan fingerprint density at radius 2 is 2.19 bits per heavy atom. The van der Waals surface area contributed by atoms with E-state index < -0.39 is 0 Å². The van der Waals surface area contributed by atoms with Crippen LogP contribution in [0.4, 0.5) is 5.69 Å². The molecule has 0 spiro atoms. The molecule has 2 heterocycles. The summed E-state index contributed by atoms with van der Waals surface area (Å²) in [5.41, 5.74) is 3.90. The molecule has 21 heavy (non-hydrogen) atoms. The summed E-state index contributed by atoms with van der Waals surface area (Å²) >= 11 is 1.76. The number of anilines is 1. The van der Waals surface area contributed by atoms with Crippen molar-refractivity contribution >= 4 is 17.0 Å². The molecule has 1 aromatic heterocycles. The van der Waals surface area contributed by atoms with Crippen molar-refractivity contribution in [2.45, 2.75) is 32.4 Å². The monoisotopic (exact) mass is 297 g/mol. The Morgan fingerprint density at radius 1 is 1.33 bits per heavy atom. The third-order valence-electron chi connectivity index (χ3n) is 3.87. The maximum atomic E-state index is 8.83. The number of benzene rings is 1. The summed E-state index contributed by atoms with van der Waals surface area (Å²) in [5.74, 6) is 6.20. The zero-order valence-corrected chi connectivity index (χ0v) is 13.0. The van der Waals surface area contributed by atoms with Crippen LogP contribution in [0.25, 0.3) is 0 Å². The molecule has 0 amide bonds. The molecule has 2 nitrogen and oxygen atoms in total. The van der Waals surface area contributed by atoms with E-state index in [4.69, 9.17) is 5.11 Å². The zero-order chi connectivity index (χ0) is 14.7. The highest BCUT2D eigenvalue weighted by molar-refractivity contribution is 7.10. The van der Waals surface area contributed by atoms with Crippen LogP contribution in [0.5, 0.6) is 0 Å². The van der Waals surface area contributed by atoms with Crippen molar-refractivity contribution in [3.8, 4) is 11.8 Å². The molecule has 1 aromatic carbocycles. The van der Waals surface area contributed by atoms with E-state index in [0.29, 0.717) is 12.5 Å². The zero-order valence-electron chi connectivity index (χ0n) is 12.2. The van der Waals surface area contributed by atoms with Gasteiger partial charge in [-0.1, -0.05) is 30.0 Å². The van der Waals surface area contributed by atoms with E-state index in [1.54, 1.807) is 11.3 Å². The first kappa shape index (κ1) is 14.2. The van der Waals surface area contributed by atoms with Crippen molar-refractivity contribution in [3.63, 3.8) is 0 Å². The average Bonchev–Trinajstić information content (AvgIpc) is 3.05. The fourth-order valence-electron chi connectivity index (χ4n) is 2.81. The number of rotatable bonds is 3. The van der Waals surface area contributed by atoms with Crippen molar-refractivity contribution in [1.82, 2.24) is 0 Å². The Labute approximate surface area is 130 Å². The number of fused-ring (bicyclic) bond motifs is 1. The molecule has 0 saturated carbocycles. The third-order valence-corrected chi connectivity index (χ3v) is 4.77. The van der Waals surface area contributed by atoms with Crippen molar-refractivity contribution in [3.05, 3.63) is 51.7 Å². The normalized spacial score (nSPS) is 16.5. The van der Waals surface area contributed by atoms with E-state index in [1.807, 2.05) is 0 Å². The van der Waals surface area contributed by atoms with Gasteiger partial charge in [0.2, 0.25) is 0 Å². The molecule has 1 unspecified atom stereocenters. The van der Waals surface area contributed by atoms with Gasteiger partial charge in [-0.25, -0.2) is 0 Å². The highest BCUT2D eigenvalue weighted by Gasteiger charge is 2.26. The molecule has 2 aromatic rings. The molecule has 0 fully saturated rings. The van der Waals surface area contributed by atoms with E-state index >= 15 is 0 Å². The molecular weight excluding hydrogens is 278 g/mol. The lowest BCUT2D eigenvalue weighted by molar-refractivity contribution is 0.305. The van der Waals surface area contributed by atoms with Crippen molar-refractivity contribution in [2.75, 3.05) is 11.5 Å². The Hall–Kier alpha value is -1.76. The molecule has 108 valence electrons.